The Morgan fingerprint density at radius 1 is 1.27 bits per heavy atom. The number of hydrogen-bond acceptors (Lipinski definition) is 4. The molecule has 1 aliphatic rings. The summed E-state index contributed by atoms with van der Waals surface area (Å²) in [7, 11) is -3.37. The molecule has 5 nitrogen and oxygen atoms in total. The van der Waals surface area contributed by atoms with E-state index in [1.165, 1.54) is 18.4 Å². The molecule has 0 aliphatic carbocycles. The summed E-state index contributed by atoms with van der Waals surface area (Å²) >= 11 is 0. The predicted octanol–water partition coefficient (Wildman–Crippen LogP) is 3.42. The molecule has 7 heteroatoms. The van der Waals surface area contributed by atoms with E-state index in [0.717, 1.165) is 30.6 Å². The Labute approximate surface area is 154 Å². The maximum absolute atomic E-state index is 13.2. The van der Waals surface area contributed by atoms with E-state index in [1.54, 1.807) is 6.20 Å². The van der Waals surface area contributed by atoms with Gasteiger partial charge in [-0.05, 0) is 43.0 Å². The molecule has 2 aromatic rings. The molecule has 0 spiro atoms. The van der Waals surface area contributed by atoms with Crippen LogP contribution in [0.5, 0.6) is 0 Å². The molecular formula is C19H26FN3O2S. The van der Waals surface area contributed by atoms with E-state index >= 15 is 0 Å². The van der Waals surface area contributed by atoms with Crippen molar-refractivity contribution in [3.8, 4) is 0 Å². The molecule has 0 bridgehead atoms. The predicted molar refractivity (Wildman–Crippen MR) is 99.0 cm³/mol. The Bertz CT molecular complexity index is 859. The summed E-state index contributed by atoms with van der Waals surface area (Å²) in [5, 5.41) is 0.138. The number of aromatic nitrogens is 2. The third-order valence-corrected chi connectivity index (χ3v) is 5.75. The van der Waals surface area contributed by atoms with Crippen molar-refractivity contribution in [2.45, 2.75) is 51.0 Å². The molecule has 1 aromatic heterocycles. The fourth-order valence-corrected chi connectivity index (χ4v) is 4.50. The first-order valence-corrected chi connectivity index (χ1v) is 10.9. The Hall–Kier alpha value is -1.73. The number of imidazole rings is 1. The zero-order valence-electron chi connectivity index (χ0n) is 15.5. The van der Waals surface area contributed by atoms with Gasteiger partial charge in [-0.2, -0.15) is 0 Å². The van der Waals surface area contributed by atoms with Crippen molar-refractivity contribution in [1.82, 2.24) is 14.5 Å². The van der Waals surface area contributed by atoms with Crippen molar-refractivity contribution < 1.29 is 12.8 Å². The van der Waals surface area contributed by atoms with Crippen LogP contribution in [0.3, 0.4) is 0 Å². The van der Waals surface area contributed by atoms with Gasteiger partial charge in [0.15, 0.2) is 0 Å². The smallest absolute Gasteiger partial charge is 0.227 e. The molecule has 0 N–H and O–H groups in total. The number of rotatable bonds is 6. The number of sulfone groups is 1. The summed E-state index contributed by atoms with van der Waals surface area (Å²) in [6.07, 6.45) is 4.97. The van der Waals surface area contributed by atoms with Gasteiger partial charge in [-0.15, -0.1) is 0 Å². The summed E-state index contributed by atoms with van der Waals surface area (Å²) in [4.78, 5) is 6.52. The highest BCUT2D eigenvalue weighted by atomic mass is 32.2. The van der Waals surface area contributed by atoms with E-state index in [4.69, 9.17) is 0 Å². The number of benzene rings is 1. The standard InChI is InChI=1S/C19H26FN3O2S/c1-14(2)12-23-17(11-21-19(23)26(3,24)25)13-22-10-4-5-18(22)15-6-8-16(20)9-7-15/h6-9,11,14,18H,4-5,10,12-13H2,1-3H3. The third-order valence-electron chi connectivity index (χ3n) is 4.76. The van der Waals surface area contributed by atoms with Gasteiger partial charge < -0.3 is 4.57 Å². The van der Waals surface area contributed by atoms with Crippen LogP contribution in [0.1, 0.15) is 44.0 Å². The minimum atomic E-state index is -3.37. The molecule has 1 saturated heterocycles. The zero-order valence-corrected chi connectivity index (χ0v) is 16.3. The van der Waals surface area contributed by atoms with Gasteiger partial charge in [0.2, 0.25) is 15.0 Å². The lowest BCUT2D eigenvalue weighted by atomic mass is 10.0. The molecular weight excluding hydrogens is 353 g/mol. The van der Waals surface area contributed by atoms with E-state index in [0.29, 0.717) is 19.0 Å². The lowest BCUT2D eigenvalue weighted by Crippen LogP contribution is -2.25. The molecule has 142 valence electrons. The van der Waals surface area contributed by atoms with Gasteiger partial charge in [-0.25, -0.2) is 17.8 Å². The van der Waals surface area contributed by atoms with E-state index < -0.39 is 9.84 Å². The second kappa shape index (κ2) is 7.48. The molecule has 1 aliphatic heterocycles. The fourth-order valence-electron chi connectivity index (χ4n) is 3.66. The Morgan fingerprint density at radius 3 is 2.58 bits per heavy atom. The highest BCUT2D eigenvalue weighted by Crippen LogP contribution is 2.33. The SMILES string of the molecule is CC(C)Cn1c(CN2CCCC2c2ccc(F)cc2)cnc1S(C)(=O)=O. The van der Waals surface area contributed by atoms with Crippen molar-refractivity contribution in [2.75, 3.05) is 12.8 Å². The summed E-state index contributed by atoms with van der Waals surface area (Å²) in [5.41, 5.74) is 2.01. The van der Waals surface area contributed by atoms with Crippen LogP contribution in [-0.4, -0.2) is 35.7 Å². The molecule has 0 saturated carbocycles. The van der Waals surface area contributed by atoms with Crippen LogP contribution in [-0.2, 0) is 22.9 Å². The molecule has 1 unspecified atom stereocenters. The quantitative estimate of drug-likeness (QED) is 0.772. The summed E-state index contributed by atoms with van der Waals surface area (Å²) in [6.45, 7) is 6.31. The van der Waals surface area contributed by atoms with Gasteiger partial charge >= 0.3 is 0 Å². The van der Waals surface area contributed by atoms with E-state index in [2.05, 4.69) is 23.7 Å². The number of nitrogens with zero attached hydrogens (tertiary/aromatic N) is 3. The fraction of sp³-hybridized carbons (Fsp3) is 0.526. The van der Waals surface area contributed by atoms with Crippen molar-refractivity contribution in [1.29, 1.82) is 0 Å². The van der Waals surface area contributed by atoms with Crippen molar-refractivity contribution in [2.24, 2.45) is 5.92 Å². The van der Waals surface area contributed by atoms with Crippen LogP contribution in [0.15, 0.2) is 35.6 Å². The molecule has 26 heavy (non-hydrogen) atoms. The second-order valence-electron chi connectivity index (χ2n) is 7.49. The third kappa shape index (κ3) is 4.15. The number of hydrogen-bond donors (Lipinski definition) is 0. The van der Waals surface area contributed by atoms with Gasteiger partial charge in [-0.3, -0.25) is 4.90 Å². The van der Waals surface area contributed by atoms with Gasteiger partial charge in [0.25, 0.3) is 0 Å². The highest BCUT2D eigenvalue weighted by Gasteiger charge is 2.28. The van der Waals surface area contributed by atoms with Gasteiger partial charge in [0.1, 0.15) is 5.82 Å². The zero-order chi connectivity index (χ0) is 18.9. The van der Waals surface area contributed by atoms with Crippen LogP contribution >= 0.6 is 0 Å². The molecule has 1 aromatic carbocycles. The van der Waals surface area contributed by atoms with Crippen LogP contribution in [0.25, 0.3) is 0 Å². The number of halogens is 1. The van der Waals surface area contributed by atoms with Crippen LogP contribution < -0.4 is 0 Å². The molecule has 0 amide bonds. The first-order chi connectivity index (χ1) is 12.3. The highest BCUT2D eigenvalue weighted by molar-refractivity contribution is 7.90. The van der Waals surface area contributed by atoms with Gasteiger partial charge in [0.05, 0.1) is 11.9 Å². The first-order valence-electron chi connectivity index (χ1n) is 8.99. The Morgan fingerprint density at radius 2 is 1.96 bits per heavy atom. The molecule has 0 radical (unpaired) electrons. The van der Waals surface area contributed by atoms with E-state index in [1.807, 2.05) is 16.7 Å². The van der Waals surface area contributed by atoms with Crippen molar-refractivity contribution in [3.63, 3.8) is 0 Å². The molecule has 1 fully saturated rings. The van der Waals surface area contributed by atoms with Crippen LogP contribution in [0, 0.1) is 11.7 Å². The Kier molecular flexibility index (Phi) is 5.48. The average Bonchev–Trinajstić information content (AvgIpc) is 3.15. The largest absolute Gasteiger partial charge is 0.317 e. The maximum Gasteiger partial charge on any atom is 0.227 e. The minimum absolute atomic E-state index is 0.138. The monoisotopic (exact) mass is 379 g/mol. The molecule has 2 heterocycles. The topological polar surface area (TPSA) is 55.2 Å². The average molecular weight is 380 g/mol. The first kappa shape index (κ1) is 19.0. The minimum Gasteiger partial charge on any atom is -0.317 e. The van der Waals surface area contributed by atoms with Crippen LogP contribution in [0.4, 0.5) is 4.39 Å². The summed E-state index contributed by atoms with van der Waals surface area (Å²) < 4.78 is 39.2. The second-order valence-corrected chi connectivity index (χ2v) is 9.40. The Balaban J connectivity index is 1.87. The molecule has 3 rings (SSSR count). The van der Waals surface area contributed by atoms with Gasteiger partial charge in [0, 0.05) is 25.4 Å². The van der Waals surface area contributed by atoms with Crippen LogP contribution in [0.2, 0.25) is 0 Å². The molecule has 1 atom stereocenters. The van der Waals surface area contributed by atoms with Crippen molar-refractivity contribution >= 4 is 9.84 Å². The van der Waals surface area contributed by atoms with Gasteiger partial charge in [-0.1, -0.05) is 26.0 Å². The lowest BCUT2D eigenvalue weighted by Gasteiger charge is -2.25. The van der Waals surface area contributed by atoms with E-state index in [9.17, 15) is 12.8 Å². The van der Waals surface area contributed by atoms with Crippen molar-refractivity contribution in [3.05, 3.63) is 47.5 Å². The summed E-state index contributed by atoms with van der Waals surface area (Å²) in [6, 6.07) is 6.89. The van der Waals surface area contributed by atoms with E-state index in [-0.39, 0.29) is 17.0 Å². The normalized spacial score (nSPS) is 18.7. The lowest BCUT2D eigenvalue weighted by molar-refractivity contribution is 0.239. The number of likely N-dealkylation sites (tertiary alicyclic amines) is 1. The maximum atomic E-state index is 13.2. The summed E-state index contributed by atoms with van der Waals surface area (Å²) in [5.74, 6) is 0.0843.